The molecule has 1 nitrogen and oxygen atoms in total. The highest BCUT2D eigenvalue weighted by Crippen LogP contribution is 2.17. The summed E-state index contributed by atoms with van der Waals surface area (Å²) in [6.45, 7) is 2.98. The van der Waals surface area contributed by atoms with Crippen molar-refractivity contribution >= 4 is 17.4 Å². The Bertz CT molecular complexity index is 334. The average molecular weight is 201 g/mol. The largest absolute Gasteiger partial charge is 0.291 e. The Kier molecular flexibility index (Phi) is 3.04. The van der Waals surface area contributed by atoms with Gasteiger partial charge in [-0.15, -0.1) is 0 Å². The third kappa shape index (κ3) is 2.28. The van der Waals surface area contributed by atoms with Gasteiger partial charge < -0.3 is 0 Å². The molecule has 0 radical (unpaired) electrons. The van der Waals surface area contributed by atoms with Crippen molar-refractivity contribution in [2.75, 3.05) is 0 Å². The molecule has 0 N–H and O–H groups in total. The lowest BCUT2D eigenvalue weighted by Gasteiger charge is -2.05. The lowest BCUT2D eigenvalue weighted by molar-refractivity contribution is 0.0892. The fourth-order valence-electron chi connectivity index (χ4n) is 1.07. The topological polar surface area (TPSA) is 17.1 Å². The Labute approximate surface area is 81.5 Å². The number of hydrogen-bond acceptors (Lipinski definition) is 1. The van der Waals surface area contributed by atoms with Gasteiger partial charge in [-0.1, -0.05) is 17.7 Å². The number of Topliss-reactive ketones (excluding diaryl/α,β-unsaturated/α-hetero) is 1. The summed E-state index contributed by atoms with van der Waals surface area (Å²) in [6.07, 6.45) is -1.47. The van der Waals surface area contributed by atoms with Gasteiger partial charge in [0.1, 0.15) is 0 Å². The average Bonchev–Trinajstić information content (AvgIpc) is 2.08. The summed E-state index contributed by atoms with van der Waals surface area (Å²) >= 11 is 5.69. The van der Waals surface area contributed by atoms with Gasteiger partial charge in [0, 0.05) is 10.6 Å². The van der Waals surface area contributed by atoms with Crippen LogP contribution in [0, 0.1) is 6.92 Å². The highest BCUT2D eigenvalue weighted by Gasteiger charge is 2.15. The molecule has 70 valence electrons. The monoisotopic (exact) mass is 200 g/mol. The van der Waals surface area contributed by atoms with Crippen LogP contribution in [0.2, 0.25) is 5.02 Å². The van der Waals surface area contributed by atoms with Crippen molar-refractivity contribution in [3.8, 4) is 0 Å². The number of alkyl halides is 1. The number of aryl methyl sites for hydroxylation is 1. The second kappa shape index (κ2) is 3.88. The van der Waals surface area contributed by atoms with E-state index in [0.717, 1.165) is 5.56 Å². The molecule has 0 heterocycles. The second-order valence-corrected chi connectivity index (χ2v) is 3.38. The molecule has 3 heteroatoms. The van der Waals surface area contributed by atoms with Crippen LogP contribution in [0.3, 0.4) is 0 Å². The van der Waals surface area contributed by atoms with Gasteiger partial charge in [0.05, 0.1) is 0 Å². The molecule has 1 rings (SSSR count). The van der Waals surface area contributed by atoms with E-state index in [9.17, 15) is 9.18 Å². The molecule has 0 spiro atoms. The van der Waals surface area contributed by atoms with Gasteiger partial charge in [0.25, 0.3) is 0 Å². The van der Waals surface area contributed by atoms with Gasteiger partial charge >= 0.3 is 0 Å². The first-order valence-corrected chi connectivity index (χ1v) is 4.34. The molecule has 13 heavy (non-hydrogen) atoms. The summed E-state index contributed by atoms with van der Waals surface area (Å²) in [5.74, 6) is -0.514. The van der Waals surface area contributed by atoms with Crippen LogP contribution in [0.25, 0.3) is 0 Å². The third-order valence-corrected chi connectivity index (χ3v) is 2.06. The van der Waals surface area contributed by atoms with Crippen molar-refractivity contribution in [3.63, 3.8) is 0 Å². The van der Waals surface area contributed by atoms with Crippen LogP contribution in [-0.2, 0) is 0 Å². The molecule has 1 atom stereocenters. The molecule has 0 amide bonds. The number of benzene rings is 1. The molecule has 1 aromatic rings. The number of carbonyl (C=O) groups excluding carboxylic acids is 1. The summed E-state index contributed by atoms with van der Waals surface area (Å²) in [7, 11) is 0. The van der Waals surface area contributed by atoms with E-state index < -0.39 is 12.0 Å². The van der Waals surface area contributed by atoms with E-state index in [0.29, 0.717) is 10.6 Å². The summed E-state index contributed by atoms with van der Waals surface area (Å²) in [5, 5.41) is 0.453. The van der Waals surface area contributed by atoms with Crippen LogP contribution in [-0.4, -0.2) is 12.0 Å². The second-order valence-electron chi connectivity index (χ2n) is 2.94. The first-order chi connectivity index (χ1) is 6.02. The Hall–Kier alpha value is -0.890. The lowest BCUT2D eigenvalue weighted by Crippen LogP contribution is -2.12. The molecule has 0 aliphatic rings. The molecule has 0 aromatic heterocycles. The third-order valence-electron chi connectivity index (χ3n) is 1.83. The Morgan fingerprint density at radius 1 is 1.54 bits per heavy atom. The Balaban J connectivity index is 3.13. The summed E-state index contributed by atoms with van der Waals surface area (Å²) in [5.41, 5.74) is 1.11. The van der Waals surface area contributed by atoms with E-state index in [1.54, 1.807) is 19.1 Å². The maximum Gasteiger partial charge on any atom is 0.196 e. The Morgan fingerprint density at radius 3 is 2.69 bits per heavy atom. The van der Waals surface area contributed by atoms with Crippen LogP contribution in [0.1, 0.15) is 22.8 Å². The van der Waals surface area contributed by atoms with E-state index >= 15 is 0 Å². The van der Waals surface area contributed by atoms with Crippen molar-refractivity contribution in [2.24, 2.45) is 0 Å². The number of hydrogen-bond donors (Lipinski definition) is 0. The smallest absolute Gasteiger partial charge is 0.196 e. The Morgan fingerprint density at radius 2 is 2.15 bits per heavy atom. The lowest BCUT2D eigenvalue weighted by atomic mass is 10.0. The normalized spacial score (nSPS) is 12.6. The minimum Gasteiger partial charge on any atom is -0.291 e. The molecule has 0 saturated carbocycles. The maximum atomic E-state index is 12.7. The first-order valence-electron chi connectivity index (χ1n) is 3.97. The van der Waals surface area contributed by atoms with Crippen LogP contribution in [0.4, 0.5) is 4.39 Å². The summed E-state index contributed by atoms with van der Waals surface area (Å²) < 4.78 is 12.7. The zero-order valence-electron chi connectivity index (χ0n) is 7.47. The van der Waals surface area contributed by atoms with E-state index in [4.69, 9.17) is 11.6 Å². The number of carbonyl (C=O) groups is 1. The minimum atomic E-state index is -1.47. The van der Waals surface area contributed by atoms with Crippen molar-refractivity contribution in [3.05, 3.63) is 34.3 Å². The molecule has 0 aliphatic heterocycles. The predicted octanol–water partition coefficient (Wildman–Crippen LogP) is 3.19. The molecule has 1 unspecified atom stereocenters. The zero-order valence-corrected chi connectivity index (χ0v) is 8.23. The highest BCUT2D eigenvalue weighted by molar-refractivity contribution is 6.31. The standard InChI is InChI=1S/C10H10ClFO/c1-6-3-4-8(11)5-9(6)10(13)7(2)12/h3-5,7H,1-2H3. The first kappa shape index (κ1) is 10.2. The van der Waals surface area contributed by atoms with E-state index in [-0.39, 0.29) is 0 Å². The van der Waals surface area contributed by atoms with Crippen LogP contribution in [0.15, 0.2) is 18.2 Å². The number of rotatable bonds is 2. The van der Waals surface area contributed by atoms with Gasteiger partial charge in [-0.25, -0.2) is 4.39 Å². The predicted molar refractivity (Wildman–Crippen MR) is 51.1 cm³/mol. The van der Waals surface area contributed by atoms with Crippen LogP contribution in [0.5, 0.6) is 0 Å². The van der Waals surface area contributed by atoms with Gasteiger partial charge in [0.15, 0.2) is 12.0 Å². The van der Waals surface area contributed by atoms with Gasteiger partial charge in [-0.3, -0.25) is 4.79 Å². The van der Waals surface area contributed by atoms with Gasteiger partial charge in [-0.2, -0.15) is 0 Å². The summed E-state index contributed by atoms with van der Waals surface area (Å²) in [6, 6.07) is 4.88. The minimum absolute atomic E-state index is 0.363. The zero-order chi connectivity index (χ0) is 10.0. The van der Waals surface area contributed by atoms with E-state index in [1.807, 2.05) is 0 Å². The fourth-order valence-corrected chi connectivity index (χ4v) is 1.25. The summed E-state index contributed by atoms with van der Waals surface area (Å²) in [4.78, 5) is 11.3. The maximum absolute atomic E-state index is 12.7. The van der Waals surface area contributed by atoms with Crippen LogP contribution < -0.4 is 0 Å². The highest BCUT2D eigenvalue weighted by atomic mass is 35.5. The molecule has 1 aromatic carbocycles. The number of halogens is 2. The van der Waals surface area contributed by atoms with Crippen molar-refractivity contribution in [1.29, 1.82) is 0 Å². The van der Waals surface area contributed by atoms with E-state index in [1.165, 1.54) is 13.0 Å². The van der Waals surface area contributed by atoms with Gasteiger partial charge in [-0.05, 0) is 31.5 Å². The van der Waals surface area contributed by atoms with Gasteiger partial charge in [0.2, 0.25) is 0 Å². The van der Waals surface area contributed by atoms with Crippen LogP contribution >= 0.6 is 11.6 Å². The molecule has 0 bridgehead atoms. The van der Waals surface area contributed by atoms with Crippen molar-refractivity contribution in [1.82, 2.24) is 0 Å². The molecule has 0 aliphatic carbocycles. The fraction of sp³-hybridized carbons (Fsp3) is 0.300. The van der Waals surface area contributed by atoms with Crippen molar-refractivity contribution < 1.29 is 9.18 Å². The molecule has 0 saturated heterocycles. The SMILES string of the molecule is Cc1ccc(Cl)cc1C(=O)C(C)F. The molecular formula is C10H10ClFO. The van der Waals surface area contributed by atoms with Crippen molar-refractivity contribution in [2.45, 2.75) is 20.0 Å². The quantitative estimate of drug-likeness (QED) is 0.671. The molecule has 0 fully saturated rings. The van der Waals surface area contributed by atoms with E-state index in [2.05, 4.69) is 0 Å². The molecular weight excluding hydrogens is 191 g/mol. The number of ketones is 1.